The van der Waals surface area contributed by atoms with Crippen molar-refractivity contribution in [2.24, 2.45) is 5.73 Å². The van der Waals surface area contributed by atoms with Gasteiger partial charge in [-0.2, -0.15) is 0 Å². The number of piperidine rings is 1. The van der Waals surface area contributed by atoms with E-state index in [0.29, 0.717) is 12.1 Å². The van der Waals surface area contributed by atoms with Crippen LogP contribution in [0.2, 0.25) is 0 Å². The summed E-state index contributed by atoms with van der Waals surface area (Å²) in [5, 5.41) is 0. The predicted octanol–water partition coefficient (Wildman–Crippen LogP) is 1.39. The van der Waals surface area contributed by atoms with E-state index in [1.807, 2.05) is 12.4 Å². The van der Waals surface area contributed by atoms with Crippen LogP contribution in [0.5, 0.6) is 0 Å². The summed E-state index contributed by atoms with van der Waals surface area (Å²) < 4.78 is 0. The molecule has 3 heteroatoms. The van der Waals surface area contributed by atoms with E-state index in [0.717, 1.165) is 25.9 Å². The van der Waals surface area contributed by atoms with Gasteiger partial charge in [-0.3, -0.25) is 9.88 Å². The van der Waals surface area contributed by atoms with Crippen molar-refractivity contribution in [3.8, 4) is 0 Å². The molecule has 82 valence electrons. The number of aromatic nitrogens is 1. The molecule has 0 aromatic carbocycles. The molecule has 2 unspecified atom stereocenters. The highest BCUT2D eigenvalue weighted by Gasteiger charge is 2.22. The Hall–Kier alpha value is -0.930. The second kappa shape index (κ2) is 4.73. The van der Waals surface area contributed by atoms with Gasteiger partial charge < -0.3 is 5.73 Å². The molecule has 1 fully saturated rings. The highest BCUT2D eigenvalue weighted by atomic mass is 15.2. The minimum Gasteiger partial charge on any atom is -0.328 e. The Kier molecular flexibility index (Phi) is 3.34. The van der Waals surface area contributed by atoms with Crippen LogP contribution < -0.4 is 5.73 Å². The summed E-state index contributed by atoms with van der Waals surface area (Å²) in [5.41, 5.74) is 7.28. The van der Waals surface area contributed by atoms with E-state index >= 15 is 0 Å². The fourth-order valence-electron chi connectivity index (χ4n) is 2.21. The van der Waals surface area contributed by atoms with Crippen molar-refractivity contribution in [1.82, 2.24) is 9.88 Å². The van der Waals surface area contributed by atoms with Crippen LogP contribution >= 0.6 is 0 Å². The normalized spacial score (nSPS) is 27.9. The Morgan fingerprint density at radius 3 is 2.87 bits per heavy atom. The van der Waals surface area contributed by atoms with E-state index in [9.17, 15) is 0 Å². The highest BCUT2D eigenvalue weighted by Crippen LogP contribution is 2.18. The summed E-state index contributed by atoms with van der Waals surface area (Å²) >= 11 is 0. The molecule has 1 aliphatic heterocycles. The van der Waals surface area contributed by atoms with Crippen LogP contribution in [0.3, 0.4) is 0 Å². The zero-order valence-electron chi connectivity index (χ0n) is 9.26. The minimum absolute atomic E-state index is 0.397. The summed E-state index contributed by atoms with van der Waals surface area (Å²) in [5.74, 6) is 0. The Morgan fingerprint density at radius 2 is 2.20 bits per heavy atom. The molecule has 2 heterocycles. The van der Waals surface area contributed by atoms with Crippen LogP contribution in [0.1, 0.15) is 25.3 Å². The lowest BCUT2D eigenvalue weighted by atomic mass is 9.98. The van der Waals surface area contributed by atoms with Crippen LogP contribution in [0.25, 0.3) is 0 Å². The number of hydrogen-bond acceptors (Lipinski definition) is 3. The molecule has 1 aromatic heterocycles. The first-order chi connectivity index (χ1) is 7.25. The maximum atomic E-state index is 5.94. The van der Waals surface area contributed by atoms with Gasteiger partial charge in [0, 0.05) is 37.6 Å². The van der Waals surface area contributed by atoms with Crippen molar-refractivity contribution in [2.75, 3.05) is 6.54 Å². The van der Waals surface area contributed by atoms with Crippen molar-refractivity contribution in [1.29, 1.82) is 0 Å². The number of pyridine rings is 1. The highest BCUT2D eigenvalue weighted by molar-refractivity contribution is 5.09. The zero-order valence-corrected chi connectivity index (χ0v) is 9.26. The topological polar surface area (TPSA) is 42.1 Å². The molecule has 1 saturated heterocycles. The summed E-state index contributed by atoms with van der Waals surface area (Å²) in [4.78, 5) is 6.53. The fourth-order valence-corrected chi connectivity index (χ4v) is 2.21. The van der Waals surface area contributed by atoms with Crippen molar-refractivity contribution in [2.45, 2.75) is 38.4 Å². The molecule has 0 bridgehead atoms. The molecule has 1 aromatic rings. The van der Waals surface area contributed by atoms with Gasteiger partial charge in [-0.05, 0) is 37.5 Å². The second-order valence-corrected chi connectivity index (χ2v) is 4.46. The molecule has 0 aliphatic carbocycles. The number of nitrogens with two attached hydrogens (primary N) is 1. The standard InChI is InChI=1S/C12H19N3/c1-10-8-12(13)4-7-15(10)9-11-2-5-14-6-3-11/h2-3,5-6,10,12H,4,7-9,13H2,1H3. The third kappa shape index (κ3) is 2.76. The largest absolute Gasteiger partial charge is 0.328 e. The lowest BCUT2D eigenvalue weighted by molar-refractivity contribution is 0.140. The van der Waals surface area contributed by atoms with E-state index in [1.165, 1.54) is 5.56 Å². The fraction of sp³-hybridized carbons (Fsp3) is 0.583. The zero-order chi connectivity index (χ0) is 10.7. The molecule has 0 saturated carbocycles. The Morgan fingerprint density at radius 1 is 1.47 bits per heavy atom. The average molecular weight is 205 g/mol. The maximum absolute atomic E-state index is 5.94. The van der Waals surface area contributed by atoms with Crippen molar-refractivity contribution in [3.63, 3.8) is 0 Å². The number of rotatable bonds is 2. The van der Waals surface area contributed by atoms with Gasteiger partial charge in [-0.1, -0.05) is 0 Å². The number of likely N-dealkylation sites (tertiary alicyclic amines) is 1. The van der Waals surface area contributed by atoms with Gasteiger partial charge >= 0.3 is 0 Å². The number of hydrogen-bond donors (Lipinski definition) is 1. The van der Waals surface area contributed by atoms with Gasteiger partial charge in [0.1, 0.15) is 0 Å². The second-order valence-electron chi connectivity index (χ2n) is 4.46. The molecule has 2 N–H and O–H groups in total. The third-order valence-corrected chi connectivity index (χ3v) is 3.19. The third-order valence-electron chi connectivity index (χ3n) is 3.19. The van der Waals surface area contributed by atoms with Crippen LogP contribution in [0.15, 0.2) is 24.5 Å². The molecule has 15 heavy (non-hydrogen) atoms. The number of nitrogens with zero attached hydrogens (tertiary/aromatic N) is 2. The van der Waals surface area contributed by atoms with Crippen LogP contribution in [-0.4, -0.2) is 28.5 Å². The molecule has 2 rings (SSSR count). The summed E-state index contributed by atoms with van der Waals surface area (Å²) in [6.07, 6.45) is 5.95. The lowest BCUT2D eigenvalue weighted by Crippen LogP contribution is -2.44. The Bertz CT molecular complexity index is 299. The van der Waals surface area contributed by atoms with E-state index in [1.54, 1.807) is 0 Å². The Balaban J connectivity index is 1.95. The van der Waals surface area contributed by atoms with E-state index in [2.05, 4.69) is 28.9 Å². The molecular weight excluding hydrogens is 186 g/mol. The predicted molar refractivity (Wildman–Crippen MR) is 61.3 cm³/mol. The van der Waals surface area contributed by atoms with Crippen molar-refractivity contribution < 1.29 is 0 Å². The van der Waals surface area contributed by atoms with Gasteiger partial charge in [-0.25, -0.2) is 0 Å². The smallest absolute Gasteiger partial charge is 0.0271 e. The van der Waals surface area contributed by atoms with Gasteiger partial charge in [0.15, 0.2) is 0 Å². The Labute approximate surface area is 91.3 Å². The molecule has 1 aliphatic rings. The van der Waals surface area contributed by atoms with Crippen LogP contribution in [-0.2, 0) is 6.54 Å². The van der Waals surface area contributed by atoms with Crippen LogP contribution in [0.4, 0.5) is 0 Å². The van der Waals surface area contributed by atoms with Crippen molar-refractivity contribution >= 4 is 0 Å². The molecule has 0 amide bonds. The molecule has 0 radical (unpaired) electrons. The van der Waals surface area contributed by atoms with Gasteiger partial charge in [0.2, 0.25) is 0 Å². The molecule has 2 atom stereocenters. The molecular formula is C12H19N3. The van der Waals surface area contributed by atoms with Crippen molar-refractivity contribution in [3.05, 3.63) is 30.1 Å². The van der Waals surface area contributed by atoms with E-state index in [-0.39, 0.29) is 0 Å². The first-order valence-corrected chi connectivity index (χ1v) is 5.64. The van der Waals surface area contributed by atoms with E-state index < -0.39 is 0 Å². The molecule has 0 spiro atoms. The maximum Gasteiger partial charge on any atom is 0.0271 e. The monoisotopic (exact) mass is 205 g/mol. The molecule has 3 nitrogen and oxygen atoms in total. The van der Waals surface area contributed by atoms with Gasteiger partial charge in [-0.15, -0.1) is 0 Å². The summed E-state index contributed by atoms with van der Waals surface area (Å²) in [6.45, 7) is 4.40. The quantitative estimate of drug-likeness (QED) is 0.793. The summed E-state index contributed by atoms with van der Waals surface area (Å²) in [6, 6.07) is 5.17. The minimum atomic E-state index is 0.397. The van der Waals surface area contributed by atoms with E-state index in [4.69, 9.17) is 5.73 Å². The summed E-state index contributed by atoms with van der Waals surface area (Å²) in [7, 11) is 0. The first-order valence-electron chi connectivity index (χ1n) is 5.64. The van der Waals surface area contributed by atoms with Gasteiger partial charge in [0.25, 0.3) is 0 Å². The van der Waals surface area contributed by atoms with Gasteiger partial charge in [0.05, 0.1) is 0 Å². The SMILES string of the molecule is CC1CC(N)CCN1Cc1ccncc1. The lowest BCUT2D eigenvalue weighted by Gasteiger charge is -2.36. The first kappa shape index (κ1) is 10.6. The van der Waals surface area contributed by atoms with Crippen LogP contribution in [0, 0.1) is 0 Å². The average Bonchev–Trinajstić information content (AvgIpc) is 2.24.